The summed E-state index contributed by atoms with van der Waals surface area (Å²) in [4.78, 5) is 24.1. The summed E-state index contributed by atoms with van der Waals surface area (Å²) in [7, 11) is 1.37. The lowest BCUT2D eigenvalue weighted by Crippen LogP contribution is -2.37. The number of nitrogens with zero attached hydrogens (tertiary/aromatic N) is 1. The van der Waals surface area contributed by atoms with Crippen molar-refractivity contribution in [3.8, 4) is 0 Å². The lowest BCUT2D eigenvalue weighted by atomic mass is 10.1. The number of hydrogen-bond donors (Lipinski definition) is 1. The molecule has 1 N–H and O–H groups in total. The molecule has 0 aliphatic carbocycles. The van der Waals surface area contributed by atoms with Gasteiger partial charge in [0.2, 0.25) is 0 Å². The minimum Gasteiger partial charge on any atom is -0.479 e. The Kier molecular flexibility index (Phi) is 4.93. The van der Waals surface area contributed by atoms with Crippen molar-refractivity contribution in [1.29, 1.82) is 0 Å². The summed E-state index contributed by atoms with van der Waals surface area (Å²) in [6.45, 7) is -0.230. The second-order valence-electron chi connectivity index (χ2n) is 5.38. The van der Waals surface area contributed by atoms with E-state index >= 15 is 0 Å². The van der Waals surface area contributed by atoms with Gasteiger partial charge in [0.15, 0.2) is 6.10 Å². The molecule has 1 aromatic rings. The van der Waals surface area contributed by atoms with Crippen LogP contribution in [0, 0.1) is 0 Å². The van der Waals surface area contributed by atoms with Crippen molar-refractivity contribution in [3.05, 3.63) is 35.4 Å². The maximum absolute atomic E-state index is 12.9. The van der Waals surface area contributed by atoms with Gasteiger partial charge in [-0.3, -0.25) is 4.79 Å². The Morgan fingerprint density at radius 3 is 2.43 bits per heavy atom. The fraction of sp³-hybridized carbons (Fsp3) is 0.467. The number of alkyl halides is 3. The lowest BCUT2D eigenvalue weighted by molar-refractivity contribution is -0.155. The highest BCUT2D eigenvalue weighted by Crippen LogP contribution is 2.32. The van der Waals surface area contributed by atoms with Gasteiger partial charge in [-0.1, -0.05) is 18.2 Å². The molecule has 5 nitrogen and oxygen atoms in total. The molecular formula is C15H16F3NO4. The Hall–Kier alpha value is -2.09. The molecule has 8 heteroatoms. The largest absolute Gasteiger partial charge is 0.479 e. The van der Waals surface area contributed by atoms with Crippen LogP contribution in [-0.4, -0.2) is 41.1 Å². The van der Waals surface area contributed by atoms with E-state index in [2.05, 4.69) is 0 Å². The molecule has 1 aromatic carbocycles. The van der Waals surface area contributed by atoms with E-state index in [4.69, 9.17) is 9.84 Å². The third-order valence-corrected chi connectivity index (χ3v) is 3.68. The third kappa shape index (κ3) is 4.01. The average Bonchev–Trinajstić information content (AvgIpc) is 2.95. The molecule has 2 atom stereocenters. The van der Waals surface area contributed by atoms with Crippen LogP contribution in [-0.2, 0) is 27.0 Å². The first-order chi connectivity index (χ1) is 10.7. The first-order valence-corrected chi connectivity index (χ1v) is 6.98. The zero-order valence-electron chi connectivity index (χ0n) is 12.3. The van der Waals surface area contributed by atoms with Gasteiger partial charge in [0.05, 0.1) is 5.56 Å². The van der Waals surface area contributed by atoms with Crippen LogP contribution in [0.4, 0.5) is 13.2 Å². The molecule has 1 heterocycles. The molecule has 1 saturated heterocycles. The highest BCUT2D eigenvalue weighted by atomic mass is 19.4. The Labute approximate surface area is 130 Å². The van der Waals surface area contributed by atoms with E-state index in [-0.39, 0.29) is 24.9 Å². The Morgan fingerprint density at radius 1 is 1.26 bits per heavy atom. The van der Waals surface area contributed by atoms with E-state index in [1.54, 1.807) is 0 Å². The molecule has 1 amide bonds. The number of benzene rings is 1. The fourth-order valence-electron chi connectivity index (χ4n) is 2.51. The van der Waals surface area contributed by atoms with Crippen molar-refractivity contribution in [2.75, 3.05) is 7.05 Å². The summed E-state index contributed by atoms with van der Waals surface area (Å²) in [5.74, 6) is -1.67. The van der Waals surface area contributed by atoms with Crippen molar-refractivity contribution in [2.45, 2.75) is 37.8 Å². The van der Waals surface area contributed by atoms with E-state index in [1.165, 1.54) is 25.2 Å². The zero-order valence-corrected chi connectivity index (χ0v) is 12.3. The summed E-state index contributed by atoms with van der Waals surface area (Å²) in [6, 6.07) is 5.02. The molecule has 0 spiro atoms. The first-order valence-electron chi connectivity index (χ1n) is 6.98. The van der Waals surface area contributed by atoms with Gasteiger partial charge in [-0.15, -0.1) is 0 Å². The van der Waals surface area contributed by atoms with E-state index in [0.717, 1.165) is 11.0 Å². The normalized spacial score (nSPS) is 21.2. The monoisotopic (exact) mass is 331 g/mol. The van der Waals surface area contributed by atoms with Gasteiger partial charge < -0.3 is 14.7 Å². The van der Waals surface area contributed by atoms with Gasteiger partial charge >= 0.3 is 12.1 Å². The zero-order chi connectivity index (χ0) is 17.2. The van der Waals surface area contributed by atoms with Crippen LogP contribution in [0.1, 0.15) is 24.0 Å². The number of rotatable bonds is 4. The van der Waals surface area contributed by atoms with E-state index in [0.29, 0.717) is 0 Å². The van der Waals surface area contributed by atoms with Gasteiger partial charge in [0, 0.05) is 13.6 Å². The number of hydrogen-bond acceptors (Lipinski definition) is 3. The predicted molar refractivity (Wildman–Crippen MR) is 73.4 cm³/mol. The second kappa shape index (κ2) is 6.57. The molecule has 0 unspecified atom stereocenters. The second-order valence-corrected chi connectivity index (χ2v) is 5.38. The Bertz CT molecular complexity index is 603. The van der Waals surface area contributed by atoms with Crippen LogP contribution in [0.15, 0.2) is 24.3 Å². The number of carboxylic acids is 1. The Balaban J connectivity index is 2.07. The van der Waals surface area contributed by atoms with E-state index < -0.39 is 35.8 Å². The molecule has 0 radical (unpaired) electrons. The van der Waals surface area contributed by atoms with Crippen molar-refractivity contribution in [1.82, 2.24) is 4.90 Å². The molecule has 0 aromatic heterocycles. The molecule has 2 rings (SSSR count). The van der Waals surface area contributed by atoms with Crippen LogP contribution in [0.2, 0.25) is 0 Å². The molecule has 1 fully saturated rings. The van der Waals surface area contributed by atoms with E-state index in [1.807, 2.05) is 0 Å². The van der Waals surface area contributed by atoms with Crippen LogP contribution >= 0.6 is 0 Å². The molecule has 126 valence electrons. The third-order valence-electron chi connectivity index (χ3n) is 3.68. The van der Waals surface area contributed by atoms with Crippen molar-refractivity contribution < 1.29 is 32.6 Å². The van der Waals surface area contributed by atoms with Crippen molar-refractivity contribution in [2.24, 2.45) is 0 Å². The fourth-order valence-corrected chi connectivity index (χ4v) is 2.51. The van der Waals surface area contributed by atoms with Crippen LogP contribution in [0.5, 0.6) is 0 Å². The molecule has 1 aliphatic rings. The SMILES string of the molecule is CN(Cc1ccccc1C(F)(F)F)C(=O)[C@@H]1CC[C@H](C(=O)O)O1. The number of halogens is 3. The smallest absolute Gasteiger partial charge is 0.416 e. The predicted octanol–water partition coefficient (Wildman–Crippen LogP) is 2.30. The topological polar surface area (TPSA) is 66.8 Å². The van der Waals surface area contributed by atoms with Gasteiger partial charge in [-0.25, -0.2) is 4.79 Å². The summed E-state index contributed by atoms with van der Waals surface area (Å²) < 4.78 is 44.0. The van der Waals surface area contributed by atoms with Crippen LogP contribution in [0.25, 0.3) is 0 Å². The van der Waals surface area contributed by atoms with Crippen molar-refractivity contribution in [3.63, 3.8) is 0 Å². The minimum atomic E-state index is -4.50. The highest BCUT2D eigenvalue weighted by molar-refractivity contribution is 5.82. The molecule has 23 heavy (non-hydrogen) atoms. The Morgan fingerprint density at radius 2 is 1.87 bits per heavy atom. The summed E-state index contributed by atoms with van der Waals surface area (Å²) >= 11 is 0. The lowest BCUT2D eigenvalue weighted by Gasteiger charge is -2.23. The van der Waals surface area contributed by atoms with E-state index in [9.17, 15) is 22.8 Å². The quantitative estimate of drug-likeness (QED) is 0.919. The molecule has 0 saturated carbocycles. The van der Waals surface area contributed by atoms with Gasteiger partial charge in [0.1, 0.15) is 6.10 Å². The molecule has 0 bridgehead atoms. The highest BCUT2D eigenvalue weighted by Gasteiger charge is 2.37. The number of likely N-dealkylation sites (N-methyl/N-ethyl adjacent to an activating group) is 1. The number of carbonyl (C=O) groups is 2. The number of amides is 1. The number of aliphatic carboxylic acids is 1. The standard InChI is InChI=1S/C15H16F3NO4/c1-19(13(20)11-6-7-12(23-11)14(21)22)8-9-4-2-3-5-10(9)15(16,17)18/h2-5,11-12H,6-8H2,1H3,(H,21,22)/t11-,12+/m0/s1. The number of carbonyl (C=O) groups excluding carboxylic acids is 1. The number of carboxylic acid groups (broad SMARTS) is 1. The van der Waals surface area contributed by atoms with Gasteiger partial charge in [-0.2, -0.15) is 13.2 Å². The molecular weight excluding hydrogens is 315 g/mol. The summed E-state index contributed by atoms with van der Waals surface area (Å²) in [6.07, 6.45) is -6.03. The van der Waals surface area contributed by atoms with Crippen LogP contribution in [0.3, 0.4) is 0 Å². The number of ether oxygens (including phenoxy) is 1. The first kappa shape index (κ1) is 17.3. The van der Waals surface area contributed by atoms with Gasteiger partial charge in [0.25, 0.3) is 5.91 Å². The maximum Gasteiger partial charge on any atom is 0.416 e. The van der Waals surface area contributed by atoms with Crippen LogP contribution < -0.4 is 0 Å². The van der Waals surface area contributed by atoms with Gasteiger partial charge in [-0.05, 0) is 24.5 Å². The summed E-state index contributed by atoms with van der Waals surface area (Å²) in [5.41, 5.74) is -0.820. The summed E-state index contributed by atoms with van der Waals surface area (Å²) in [5, 5.41) is 8.84. The average molecular weight is 331 g/mol. The molecule has 1 aliphatic heterocycles. The minimum absolute atomic E-state index is 0.0244. The maximum atomic E-state index is 12.9. The van der Waals surface area contributed by atoms with Crippen molar-refractivity contribution >= 4 is 11.9 Å².